The first-order valence-corrected chi connectivity index (χ1v) is 8.05. The molecule has 4 nitrogen and oxygen atoms in total. The van der Waals surface area contributed by atoms with Gasteiger partial charge in [0.25, 0.3) is 0 Å². The molecule has 1 saturated carbocycles. The van der Waals surface area contributed by atoms with E-state index in [1.807, 2.05) is 0 Å². The summed E-state index contributed by atoms with van der Waals surface area (Å²) in [6.07, 6.45) is 3.23. The fourth-order valence-corrected chi connectivity index (χ4v) is 3.94. The van der Waals surface area contributed by atoms with E-state index in [9.17, 15) is 12.8 Å². The monoisotopic (exact) mass is 284 g/mol. The molecule has 19 heavy (non-hydrogen) atoms. The van der Waals surface area contributed by atoms with Crippen LogP contribution in [0.15, 0.2) is 29.2 Å². The lowest BCUT2D eigenvalue weighted by molar-refractivity contribution is 0.322. The number of likely N-dealkylation sites (tertiary alicyclic amines) is 1. The Labute approximate surface area is 112 Å². The van der Waals surface area contributed by atoms with Crippen molar-refractivity contribution in [3.05, 3.63) is 30.1 Å². The van der Waals surface area contributed by atoms with Gasteiger partial charge in [-0.2, -0.15) is 0 Å². The molecule has 104 valence electrons. The molecule has 1 aromatic carbocycles. The first-order valence-electron chi connectivity index (χ1n) is 6.57. The van der Waals surface area contributed by atoms with Crippen LogP contribution in [0.3, 0.4) is 0 Å². The molecule has 0 radical (unpaired) electrons. The number of nitrogens with zero attached hydrogens (tertiary/aromatic N) is 1. The number of sulfonamides is 1. The van der Waals surface area contributed by atoms with Gasteiger partial charge in [-0.05, 0) is 31.4 Å². The van der Waals surface area contributed by atoms with Crippen molar-refractivity contribution in [3.8, 4) is 0 Å². The number of hydrogen-bond acceptors (Lipinski definition) is 3. The average Bonchev–Trinajstić information content (AvgIpc) is 3.11. The van der Waals surface area contributed by atoms with Gasteiger partial charge < -0.3 is 0 Å². The maximum atomic E-state index is 13.5. The van der Waals surface area contributed by atoms with Gasteiger partial charge in [0.05, 0.1) is 0 Å². The molecule has 3 rings (SSSR count). The summed E-state index contributed by atoms with van der Waals surface area (Å²) in [5.74, 6) is -0.702. The van der Waals surface area contributed by atoms with Gasteiger partial charge in [0, 0.05) is 25.2 Å². The van der Waals surface area contributed by atoms with Crippen LogP contribution >= 0.6 is 0 Å². The zero-order chi connectivity index (χ0) is 13.5. The van der Waals surface area contributed by atoms with E-state index in [1.54, 1.807) is 0 Å². The van der Waals surface area contributed by atoms with Gasteiger partial charge in [0.1, 0.15) is 10.7 Å². The zero-order valence-electron chi connectivity index (χ0n) is 10.5. The minimum atomic E-state index is -3.75. The Morgan fingerprint density at radius 1 is 1.21 bits per heavy atom. The predicted molar refractivity (Wildman–Crippen MR) is 69.7 cm³/mol. The summed E-state index contributed by atoms with van der Waals surface area (Å²) in [7, 11) is -3.75. The van der Waals surface area contributed by atoms with E-state index < -0.39 is 15.8 Å². The van der Waals surface area contributed by atoms with Crippen LogP contribution in [0.4, 0.5) is 4.39 Å². The Morgan fingerprint density at radius 3 is 2.63 bits per heavy atom. The van der Waals surface area contributed by atoms with E-state index in [0.717, 1.165) is 19.5 Å². The van der Waals surface area contributed by atoms with Crippen molar-refractivity contribution in [2.24, 2.45) is 0 Å². The van der Waals surface area contributed by atoms with Crippen LogP contribution in [-0.4, -0.2) is 38.5 Å². The van der Waals surface area contributed by atoms with E-state index in [4.69, 9.17) is 0 Å². The molecule has 0 bridgehead atoms. The molecule has 1 saturated heterocycles. The van der Waals surface area contributed by atoms with Crippen molar-refractivity contribution in [1.29, 1.82) is 0 Å². The minimum absolute atomic E-state index is 0.106. The molecule has 1 aliphatic carbocycles. The average molecular weight is 284 g/mol. The van der Waals surface area contributed by atoms with E-state index in [2.05, 4.69) is 9.62 Å². The largest absolute Gasteiger partial charge is 0.299 e. The molecule has 1 aliphatic heterocycles. The highest BCUT2D eigenvalue weighted by Crippen LogP contribution is 2.30. The third-order valence-corrected chi connectivity index (χ3v) is 5.28. The fraction of sp³-hybridized carbons (Fsp3) is 0.538. The fourth-order valence-electron chi connectivity index (χ4n) is 2.60. The lowest BCUT2D eigenvalue weighted by Gasteiger charge is -2.16. The summed E-state index contributed by atoms with van der Waals surface area (Å²) in [4.78, 5) is 2.05. The molecule has 6 heteroatoms. The molecule has 1 aromatic rings. The Morgan fingerprint density at radius 2 is 1.95 bits per heavy atom. The molecular formula is C13H17FN2O2S. The van der Waals surface area contributed by atoms with Crippen molar-refractivity contribution >= 4 is 10.0 Å². The van der Waals surface area contributed by atoms with Crippen LogP contribution in [0.25, 0.3) is 0 Å². The zero-order valence-corrected chi connectivity index (χ0v) is 11.4. The lowest BCUT2D eigenvalue weighted by Crippen LogP contribution is -2.37. The Bertz CT molecular complexity index is 572. The maximum Gasteiger partial charge on any atom is 0.243 e. The summed E-state index contributed by atoms with van der Waals surface area (Å²) < 4.78 is 40.4. The Balaban J connectivity index is 1.70. The standard InChI is InChI=1S/C13H17FN2O2S/c14-12-3-1-2-4-13(12)19(17,18)15-10-7-8-16(9-10)11-5-6-11/h1-4,10-11,15H,5-9H2. The molecule has 1 atom stereocenters. The summed E-state index contributed by atoms with van der Waals surface area (Å²) in [5, 5.41) is 0. The summed E-state index contributed by atoms with van der Waals surface area (Å²) in [6, 6.07) is 6.01. The maximum absolute atomic E-state index is 13.5. The second-order valence-electron chi connectivity index (χ2n) is 5.26. The first-order chi connectivity index (χ1) is 9.06. The van der Waals surface area contributed by atoms with Gasteiger partial charge in [-0.1, -0.05) is 12.1 Å². The Hall–Kier alpha value is -0.980. The molecule has 1 N–H and O–H groups in total. The van der Waals surface area contributed by atoms with Crippen LogP contribution in [0.2, 0.25) is 0 Å². The van der Waals surface area contributed by atoms with Gasteiger partial charge in [-0.3, -0.25) is 4.90 Å². The van der Waals surface area contributed by atoms with E-state index in [0.29, 0.717) is 6.04 Å². The molecule has 2 aliphatic rings. The number of benzene rings is 1. The summed E-state index contributed by atoms with van der Waals surface area (Å²) in [6.45, 7) is 1.66. The van der Waals surface area contributed by atoms with Crippen LogP contribution in [-0.2, 0) is 10.0 Å². The van der Waals surface area contributed by atoms with Crippen LogP contribution in [0.5, 0.6) is 0 Å². The molecule has 0 aromatic heterocycles. The third-order valence-electron chi connectivity index (χ3n) is 3.73. The van der Waals surface area contributed by atoms with Gasteiger partial charge >= 0.3 is 0 Å². The minimum Gasteiger partial charge on any atom is -0.299 e. The van der Waals surface area contributed by atoms with E-state index in [1.165, 1.54) is 37.1 Å². The summed E-state index contributed by atoms with van der Waals surface area (Å²) >= 11 is 0. The number of rotatable bonds is 4. The third kappa shape index (κ3) is 2.80. The first kappa shape index (κ1) is 13.0. The van der Waals surface area contributed by atoms with Crippen LogP contribution in [0, 0.1) is 5.82 Å². The second-order valence-corrected chi connectivity index (χ2v) is 6.95. The highest BCUT2D eigenvalue weighted by molar-refractivity contribution is 7.89. The Kier molecular flexibility index (Phi) is 3.32. The number of nitrogens with one attached hydrogen (secondary N) is 1. The van der Waals surface area contributed by atoms with Crippen molar-refractivity contribution in [3.63, 3.8) is 0 Å². The normalized spacial score (nSPS) is 24.8. The van der Waals surface area contributed by atoms with Crippen molar-refractivity contribution in [1.82, 2.24) is 9.62 Å². The predicted octanol–water partition coefficient (Wildman–Crippen LogP) is 1.34. The molecule has 2 fully saturated rings. The highest BCUT2D eigenvalue weighted by atomic mass is 32.2. The SMILES string of the molecule is O=S(=O)(NC1CCN(C2CC2)C1)c1ccccc1F. The molecule has 1 unspecified atom stereocenters. The molecule has 0 spiro atoms. The molecular weight excluding hydrogens is 267 g/mol. The van der Waals surface area contributed by atoms with Crippen molar-refractivity contribution in [2.45, 2.75) is 36.2 Å². The number of hydrogen-bond donors (Lipinski definition) is 1. The topological polar surface area (TPSA) is 49.4 Å². The summed E-state index contributed by atoms with van der Waals surface area (Å²) in [5.41, 5.74) is 0. The van der Waals surface area contributed by atoms with Gasteiger partial charge in [-0.25, -0.2) is 17.5 Å². The van der Waals surface area contributed by atoms with E-state index >= 15 is 0 Å². The lowest BCUT2D eigenvalue weighted by atomic mass is 10.3. The van der Waals surface area contributed by atoms with Gasteiger partial charge in [-0.15, -0.1) is 0 Å². The van der Waals surface area contributed by atoms with E-state index in [-0.39, 0.29) is 10.9 Å². The quantitative estimate of drug-likeness (QED) is 0.908. The number of halogens is 1. The smallest absolute Gasteiger partial charge is 0.243 e. The molecule has 0 amide bonds. The van der Waals surface area contributed by atoms with Crippen molar-refractivity contribution < 1.29 is 12.8 Å². The second kappa shape index (κ2) is 4.85. The van der Waals surface area contributed by atoms with Crippen LogP contribution in [0.1, 0.15) is 19.3 Å². The van der Waals surface area contributed by atoms with Crippen LogP contribution < -0.4 is 4.72 Å². The highest BCUT2D eigenvalue weighted by Gasteiger charge is 2.36. The van der Waals surface area contributed by atoms with Gasteiger partial charge in [0.2, 0.25) is 10.0 Å². The van der Waals surface area contributed by atoms with Gasteiger partial charge in [0.15, 0.2) is 0 Å². The van der Waals surface area contributed by atoms with Crippen molar-refractivity contribution in [2.75, 3.05) is 13.1 Å². The molecule has 1 heterocycles.